The first kappa shape index (κ1) is 16.1. The van der Waals surface area contributed by atoms with Gasteiger partial charge in [-0.2, -0.15) is 0 Å². The molecule has 0 saturated carbocycles. The second-order valence-corrected chi connectivity index (χ2v) is 6.49. The number of hydrogen-bond donors (Lipinski definition) is 1. The van der Waals surface area contributed by atoms with Crippen molar-refractivity contribution in [2.75, 3.05) is 19.6 Å². The average Bonchev–Trinajstić information content (AvgIpc) is 2.79. The van der Waals surface area contributed by atoms with E-state index in [-0.39, 0.29) is 11.3 Å². The molecule has 0 unspecified atom stereocenters. The number of thiazole rings is 1. The molecule has 0 spiro atoms. The van der Waals surface area contributed by atoms with E-state index in [9.17, 15) is 4.79 Å². The third-order valence-electron chi connectivity index (χ3n) is 2.99. The van der Waals surface area contributed by atoms with Gasteiger partial charge in [-0.25, -0.2) is 4.98 Å². The zero-order chi connectivity index (χ0) is 14.5. The highest BCUT2D eigenvalue weighted by atomic mass is 32.1. The molecule has 108 valence electrons. The SMILES string of the molecule is CCN(CC)C(=O)CNCc1nc(C(C)(C)C)cs1. The van der Waals surface area contributed by atoms with Crippen LogP contribution in [0.2, 0.25) is 0 Å². The predicted molar refractivity (Wildman–Crippen MR) is 80.4 cm³/mol. The molecular weight excluding hydrogens is 258 g/mol. The summed E-state index contributed by atoms with van der Waals surface area (Å²) in [5.74, 6) is 0.151. The van der Waals surface area contributed by atoms with Gasteiger partial charge in [-0.1, -0.05) is 20.8 Å². The molecule has 0 radical (unpaired) electrons. The number of likely N-dealkylation sites (N-methyl/N-ethyl adjacent to an activating group) is 1. The van der Waals surface area contributed by atoms with Crippen LogP contribution in [0.15, 0.2) is 5.38 Å². The highest BCUT2D eigenvalue weighted by Crippen LogP contribution is 2.23. The van der Waals surface area contributed by atoms with E-state index in [2.05, 4.69) is 36.5 Å². The van der Waals surface area contributed by atoms with E-state index >= 15 is 0 Å². The molecule has 0 atom stereocenters. The fourth-order valence-electron chi connectivity index (χ4n) is 1.70. The van der Waals surface area contributed by atoms with Crippen LogP contribution in [0.5, 0.6) is 0 Å². The van der Waals surface area contributed by atoms with Gasteiger partial charge in [0.1, 0.15) is 5.01 Å². The molecule has 0 aliphatic carbocycles. The minimum Gasteiger partial charge on any atom is -0.342 e. The summed E-state index contributed by atoms with van der Waals surface area (Å²) >= 11 is 1.65. The molecule has 1 rings (SSSR count). The van der Waals surface area contributed by atoms with Gasteiger partial charge in [0.2, 0.25) is 5.91 Å². The van der Waals surface area contributed by atoms with Crippen LogP contribution >= 0.6 is 11.3 Å². The van der Waals surface area contributed by atoms with Gasteiger partial charge in [0.25, 0.3) is 0 Å². The summed E-state index contributed by atoms with van der Waals surface area (Å²) in [7, 11) is 0. The lowest BCUT2D eigenvalue weighted by Gasteiger charge is -2.18. The molecule has 0 fully saturated rings. The Morgan fingerprint density at radius 3 is 2.47 bits per heavy atom. The average molecular weight is 283 g/mol. The van der Waals surface area contributed by atoms with Gasteiger partial charge in [-0.3, -0.25) is 4.79 Å². The van der Waals surface area contributed by atoms with Gasteiger partial charge < -0.3 is 10.2 Å². The number of rotatable bonds is 6. The molecule has 1 heterocycles. The van der Waals surface area contributed by atoms with Crippen molar-refractivity contribution in [3.05, 3.63) is 16.1 Å². The number of amides is 1. The minimum atomic E-state index is 0.0891. The van der Waals surface area contributed by atoms with E-state index in [0.717, 1.165) is 23.8 Å². The van der Waals surface area contributed by atoms with Gasteiger partial charge in [0.15, 0.2) is 0 Å². The first-order valence-corrected chi connectivity index (χ1v) is 7.69. The predicted octanol–water partition coefficient (Wildman–Crippen LogP) is 2.40. The lowest BCUT2D eigenvalue weighted by molar-refractivity contribution is -0.129. The van der Waals surface area contributed by atoms with Crippen molar-refractivity contribution >= 4 is 17.2 Å². The van der Waals surface area contributed by atoms with Crippen molar-refractivity contribution in [3.63, 3.8) is 0 Å². The second kappa shape index (κ2) is 7.01. The normalized spacial score (nSPS) is 11.6. The Balaban J connectivity index is 2.41. The van der Waals surface area contributed by atoms with Crippen molar-refractivity contribution in [2.45, 2.75) is 46.6 Å². The molecule has 0 aliphatic heterocycles. The summed E-state index contributed by atoms with van der Waals surface area (Å²) < 4.78 is 0. The summed E-state index contributed by atoms with van der Waals surface area (Å²) in [5.41, 5.74) is 1.20. The zero-order valence-electron chi connectivity index (χ0n) is 12.6. The van der Waals surface area contributed by atoms with E-state index in [1.54, 1.807) is 11.3 Å². The maximum absolute atomic E-state index is 11.8. The molecule has 1 aromatic rings. The number of carbonyl (C=O) groups is 1. The molecule has 1 amide bonds. The molecule has 1 N–H and O–H groups in total. The smallest absolute Gasteiger partial charge is 0.236 e. The number of aromatic nitrogens is 1. The first-order valence-electron chi connectivity index (χ1n) is 6.81. The Morgan fingerprint density at radius 1 is 1.37 bits per heavy atom. The molecule has 0 bridgehead atoms. The van der Waals surface area contributed by atoms with Crippen molar-refractivity contribution in [3.8, 4) is 0 Å². The Bertz CT molecular complexity index is 405. The summed E-state index contributed by atoms with van der Waals surface area (Å²) in [6.07, 6.45) is 0. The van der Waals surface area contributed by atoms with Crippen LogP contribution in [0.1, 0.15) is 45.3 Å². The van der Waals surface area contributed by atoms with Crippen LogP contribution in [0, 0.1) is 0 Å². The standard InChI is InChI=1S/C14H25N3OS/c1-6-17(7-2)13(18)9-15-8-12-16-11(10-19-12)14(3,4)5/h10,15H,6-9H2,1-5H3. The number of hydrogen-bond acceptors (Lipinski definition) is 4. The second-order valence-electron chi connectivity index (χ2n) is 5.55. The van der Waals surface area contributed by atoms with E-state index in [1.165, 1.54) is 0 Å². The lowest BCUT2D eigenvalue weighted by atomic mass is 9.93. The molecule has 0 saturated heterocycles. The van der Waals surface area contributed by atoms with E-state index < -0.39 is 0 Å². The highest BCUT2D eigenvalue weighted by Gasteiger charge is 2.17. The van der Waals surface area contributed by atoms with E-state index in [0.29, 0.717) is 13.1 Å². The summed E-state index contributed by atoms with van der Waals surface area (Å²) in [5, 5.41) is 6.31. The monoisotopic (exact) mass is 283 g/mol. The summed E-state index contributed by atoms with van der Waals surface area (Å²) in [6, 6.07) is 0. The summed E-state index contributed by atoms with van der Waals surface area (Å²) in [4.78, 5) is 18.2. The Morgan fingerprint density at radius 2 is 2.00 bits per heavy atom. The fourth-order valence-corrected chi connectivity index (χ4v) is 2.69. The third-order valence-corrected chi connectivity index (χ3v) is 3.84. The fraction of sp³-hybridized carbons (Fsp3) is 0.714. The van der Waals surface area contributed by atoms with Crippen molar-refractivity contribution in [2.24, 2.45) is 0 Å². The number of carbonyl (C=O) groups excluding carboxylic acids is 1. The van der Waals surface area contributed by atoms with E-state index in [4.69, 9.17) is 0 Å². The summed E-state index contributed by atoms with van der Waals surface area (Å²) in [6.45, 7) is 13.0. The lowest BCUT2D eigenvalue weighted by Crippen LogP contribution is -2.37. The molecule has 19 heavy (non-hydrogen) atoms. The quantitative estimate of drug-likeness (QED) is 0.872. The van der Waals surface area contributed by atoms with Gasteiger partial charge in [0, 0.05) is 30.4 Å². The largest absolute Gasteiger partial charge is 0.342 e. The molecular formula is C14H25N3OS. The Hall–Kier alpha value is -0.940. The van der Waals surface area contributed by atoms with Crippen LogP contribution in [-0.2, 0) is 16.8 Å². The van der Waals surface area contributed by atoms with Gasteiger partial charge in [-0.15, -0.1) is 11.3 Å². The number of nitrogens with zero attached hydrogens (tertiary/aromatic N) is 2. The van der Waals surface area contributed by atoms with Gasteiger partial charge in [-0.05, 0) is 13.8 Å². The van der Waals surface area contributed by atoms with Crippen LogP contribution < -0.4 is 5.32 Å². The molecule has 0 aliphatic rings. The molecule has 4 nitrogen and oxygen atoms in total. The maximum atomic E-state index is 11.8. The van der Waals surface area contributed by atoms with Crippen LogP contribution in [-0.4, -0.2) is 35.4 Å². The Labute approximate surface area is 120 Å². The molecule has 0 aromatic carbocycles. The highest BCUT2D eigenvalue weighted by molar-refractivity contribution is 7.09. The number of nitrogens with one attached hydrogen (secondary N) is 1. The van der Waals surface area contributed by atoms with E-state index in [1.807, 2.05) is 18.7 Å². The van der Waals surface area contributed by atoms with Crippen molar-refractivity contribution in [1.82, 2.24) is 15.2 Å². The van der Waals surface area contributed by atoms with Crippen molar-refractivity contribution < 1.29 is 4.79 Å². The Kier molecular flexibility index (Phi) is 5.94. The minimum absolute atomic E-state index is 0.0891. The maximum Gasteiger partial charge on any atom is 0.236 e. The first-order chi connectivity index (χ1) is 8.88. The van der Waals surface area contributed by atoms with Crippen LogP contribution in [0.3, 0.4) is 0 Å². The molecule has 1 aromatic heterocycles. The van der Waals surface area contributed by atoms with Crippen LogP contribution in [0.25, 0.3) is 0 Å². The third kappa shape index (κ3) is 4.91. The topological polar surface area (TPSA) is 45.2 Å². The van der Waals surface area contributed by atoms with Crippen LogP contribution in [0.4, 0.5) is 0 Å². The molecule has 5 heteroatoms. The zero-order valence-corrected chi connectivity index (χ0v) is 13.4. The van der Waals surface area contributed by atoms with Gasteiger partial charge >= 0.3 is 0 Å². The van der Waals surface area contributed by atoms with Gasteiger partial charge in [0.05, 0.1) is 12.2 Å². The van der Waals surface area contributed by atoms with Crippen molar-refractivity contribution in [1.29, 1.82) is 0 Å².